The summed E-state index contributed by atoms with van der Waals surface area (Å²) in [6.45, 7) is 2.06. The number of hydrogen-bond donors (Lipinski definition) is 1. The van der Waals surface area contributed by atoms with Crippen molar-refractivity contribution in [3.05, 3.63) is 66.6 Å². The molecular weight excluding hydrogens is 314 g/mol. The van der Waals surface area contributed by atoms with E-state index < -0.39 is 0 Å². The average Bonchev–Trinajstić information content (AvgIpc) is 3.09. The minimum atomic E-state index is 0.735. The van der Waals surface area contributed by atoms with E-state index in [1.54, 1.807) is 24.3 Å². The van der Waals surface area contributed by atoms with Crippen LogP contribution in [0.25, 0.3) is 16.7 Å². The predicted molar refractivity (Wildman–Crippen MR) is 97.7 cm³/mol. The van der Waals surface area contributed by atoms with Crippen LogP contribution >= 0.6 is 0 Å². The van der Waals surface area contributed by atoms with Gasteiger partial charge in [0.2, 0.25) is 0 Å². The van der Waals surface area contributed by atoms with Crippen molar-refractivity contribution in [2.24, 2.45) is 0 Å². The highest BCUT2D eigenvalue weighted by Crippen LogP contribution is 2.26. The minimum absolute atomic E-state index is 0.735. The quantitative estimate of drug-likeness (QED) is 0.615. The monoisotopic (exact) mass is 331 g/mol. The Morgan fingerprint density at radius 2 is 1.80 bits per heavy atom. The number of benzene rings is 2. The molecule has 124 valence electrons. The summed E-state index contributed by atoms with van der Waals surface area (Å²) < 4.78 is 7.00. The minimum Gasteiger partial charge on any atom is -0.497 e. The summed E-state index contributed by atoms with van der Waals surface area (Å²) in [5.74, 6) is 1.54. The molecule has 4 aromatic rings. The third-order valence-electron chi connectivity index (χ3n) is 4.08. The van der Waals surface area contributed by atoms with Gasteiger partial charge in [-0.3, -0.25) is 0 Å². The van der Waals surface area contributed by atoms with Crippen LogP contribution in [0.5, 0.6) is 5.75 Å². The van der Waals surface area contributed by atoms with E-state index in [1.165, 1.54) is 0 Å². The van der Waals surface area contributed by atoms with Crippen LogP contribution in [0, 0.1) is 6.92 Å². The highest BCUT2D eigenvalue weighted by molar-refractivity contribution is 5.89. The maximum absolute atomic E-state index is 5.21. The molecule has 0 fully saturated rings. The molecule has 0 aliphatic rings. The topological polar surface area (TPSA) is 64.9 Å². The molecule has 0 atom stereocenters. The van der Waals surface area contributed by atoms with Gasteiger partial charge in [-0.05, 0) is 42.8 Å². The van der Waals surface area contributed by atoms with Gasteiger partial charge in [-0.1, -0.05) is 18.2 Å². The second kappa shape index (κ2) is 6.24. The number of rotatable bonds is 4. The Morgan fingerprint density at radius 3 is 2.56 bits per heavy atom. The van der Waals surface area contributed by atoms with E-state index in [0.717, 1.165) is 39.5 Å². The Balaban J connectivity index is 1.76. The van der Waals surface area contributed by atoms with Gasteiger partial charge in [0, 0.05) is 5.69 Å². The SMILES string of the molecule is COc1ccc(-n2ncc3c(Nc4ccccc4C)ncnc32)cc1. The molecule has 0 saturated heterocycles. The van der Waals surface area contributed by atoms with Crippen molar-refractivity contribution in [2.75, 3.05) is 12.4 Å². The van der Waals surface area contributed by atoms with Crippen LogP contribution in [0.1, 0.15) is 5.56 Å². The molecule has 6 heteroatoms. The fraction of sp³-hybridized carbons (Fsp3) is 0.105. The lowest BCUT2D eigenvalue weighted by Gasteiger charge is -2.09. The zero-order valence-corrected chi connectivity index (χ0v) is 14.0. The first kappa shape index (κ1) is 15.1. The number of methoxy groups -OCH3 is 1. The van der Waals surface area contributed by atoms with Gasteiger partial charge in [-0.15, -0.1) is 0 Å². The van der Waals surface area contributed by atoms with Crippen LogP contribution in [0.15, 0.2) is 61.1 Å². The normalized spacial score (nSPS) is 10.8. The van der Waals surface area contributed by atoms with Crippen LogP contribution in [-0.2, 0) is 0 Å². The number of ether oxygens (including phenoxy) is 1. The molecule has 2 aromatic carbocycles. The summed E-state index contributed by atoms with van der Waals surface area (Å²) in [6.07, 6.45) is 3.32. The first-order valence-electron chi connectivity index (χ1n) is 7.92. The van der Waals surface area contributed by atoms with Crippen molar-refractivity contribution in [3.8, 4) is 11.4 Å². The fourth-order valence-electron chi connectivity index (χ4n) is 2.70. The zero-order chi connectivity index (χ0) is 17.2. The second-order valence-corrected chi connectivity index (χ2v) is 5.65. The lowest BCUT2D eigenvalue weighted by Crippen LogP contribution is -2.00. The van der Waals surface area contributed by atoms with E-state index in [-0.39, 0.29) is 0 Å². The first-order valence-corrected chi connectivity index (χ1v) is 7.92. The van der Waals surface area contributed by atoms with Gasteiger partial charge in [-0.25, -0.2) is 14.6 Å². The lowest BCUT2D eigenvalue weighted by atomic mass is 10.2. The predicted octanol–water partition coefficient (Wildman–Crippen LogP) is 3.88. The third kappa shape index (κ3) is 2.78. The summed E-state index contributed by atoms with van der Waals surface area (Å²) in [7, 11) is 1.65. The van der Waals surface area contributed by atoms with Crippen LogP contribution in [0.4, 0.5) is 11.5 Å². The molecule has 4 rings (SSSR count). The van der Waals surface area contributed by atoms with Crippen LogP contribution in [-0.4, -0.2) is 26.9 Å². The average molecular weight is 331 g/mol. The molecule has 0 unspecified atom stereocenters. The van der Waals surface area contributed by atoms with Gasteiger partial charge >= 0.3 is 0 Å². The highest BCUT2D eigenvalue weighted by atomic mass is 16.5. The number of para-hydroxylation sites is 1. The third-order valence-corrected chi connectivity index (χ3v) is 4.08. The van der Waals surface area contributed by atoms with Crippen molar-refractivity contribution in [1.82, 2.24) is 19.7 Å². The van der Waals surface area contributed by atoms with Gasteiger partial charge in [0.1, 0.15) is 17.9 Å². The molecule has 0 saturated carbocycles. The van der Waals surface area contributed by atoms with Crippen molar-refractivity contribution in [2.45, 2.75) is 6.92 Å². The van der Waals surface area contributed by atoms with Crippen LogP contribution in [0.2, 0.25) is 0 Å². The fourth-order valence-corrected chi connectivity index (χ4v) is 2.70. The molecule has 1 N–H and O–H groups in total. The Bertz CT molecular complexity index is 1020. The molecule has 25 heavy (non-hydrogen) atoms. The van der Waals surface area contributed by atoms with E-state index in [2.05, 4.69) is 33.4 Å². The molecule has 0 aliphatic carbocycles. The first-order chi connectivity index (χ1) is 12.3. The lowest BCUT2D eigenvalue weighted by molar-refractivity contribution is 0.414. The second-order valence-electron chi connectivity index (χ2n) is 5.65. The van der Waals surface area contributed by atoms with E-state index in [0.29, 0.717) is 0 Å². The number of aryl methyl sites for hydroxylation is 1. The molecule has 6 nitrogen and oxygen atoms in total. The Kier molecular flexibility index (Phi) is 3.78. The summed E-state index contributed by atoms with van der Waals surface area (Å²) >= 11 is 0. The number of nitrogens with one attached hydrogen (secondary N) is 1. The van der Waals surface area contributed by atoms with E-state index in [9.17, 15) is 0 Å². The largest absolute Gasteiger partial charge is 0.497 e. The summed E-state index contributed by atoms with van der Waals surface area (Å²) in [4.78, 5) is 8.79. The molecule has 0 bridgehead atoms. The number of nitrogens with zero attached hydrogens (tertiary/aromatic N) is 4. The van der Waals surface area contributed by atoms with E-state index in [1.807, 2.05) is 42.5 Å². The van der Waals surface area contributed by atoms with Crippen molar-refractivity contribution in [1.29, 1.82) is 0 Å². The molecule has 2 heterocycles. The highest BCUT2D eigenvalue weighted by Gasteiger charge is 2.12. The molecule has 0 aliphatic heterocycles. The van der Waals surface area contributed by atoms with Crippen molar-refractivity contribution >= 4 is 22.5 Å². The van der Waals surface area contributed by atoms with Gasteiger partial charge in [0.05, 0.1) is 24.4 Å². The molecule has 2 aromatic heterocycles. The summed E-state index contributed by atoms with van der Waals surface area (Å²) in [5.41, 5.74) is 3.82. The van der Waals surface area contributed by atoms with Gasteiger partial charge < -0.3 is 10.1 Å². The Morgan fingerprint density at radius 1 is 1.00 bits per heavy atom. The summed E-state index contributed by atoms with van der Waals surface area (Å²) in [5, 5.41) is 8.72. The number of hydrogen-bond acceptors (Lipinski definition) is 5. The van der Waals surface area contributed by atoms with Crippen LogP contribution < -0.4 is 10.1 Å². The van der Waals surface area contributed by atoms with Crippen molar-refractivity contribution < 1.29 is 4.74 Å². The zero-order valence-electron chi connectivity index (χ0n) is 14.0. The number of fused-ring (bicyclic) bond motifs is 1. The van der Waals surface area contributed by atoms with Crippen molar-refractivity contribution in [3.63, 3.8) is 0 Å². The maximum atomic E-state index is 5.21. The van der Waals surface area contributed by atoms with Gasteiger partial charge in [0.15, 0.2) is 5.65 Å². The van der Waals surface area contributed by atoms with E-state index >= 15 is 0 Å². The Hall–Kier alpha value is -3.41. The standard InChI is InChI=1S/C19H17N5O/c1-13-5-3-4-6-17(13)23-18-16-11-22-24(19(16)21-12-20-18)14-7-9-15(25-2)10-8-14/h3-12H,1-2H3,(H,20,21,23). The maximum Gasteiger partial charge on any atom is 0.168 e. The Labute approximate surface area is 145 Å². The molecule has 0 spiro atoms. The smallest absolute Gasteiger partial charge is 0.168 e. The molecule has 0 radical (unpaired) electrons. The van der Waals surface area contributed by atoms with E-state index in [4.69, 9.17) is 4.74 Å². The number of anilines is 2. The van der Waals surface area contributed by atoms with Gasteiger partial charge in [-0.2, -0.15) is 5.10 Å². The molecule has 0 amide bonds. The van der Waals surface area contributed by atoms with Gasteiger partial charge in [0.25, 0.3) is 0 Å². The van der Waals surface area contributed by atoms with Crippen LogP contribution in [0.3, 0.4) is 0 Å². The summed E-state index contributed by atoms with van der Waals surface area (Å²) in [6, 6.07) is 15.8. The number of aromatic nitrogens is 4. The molecular formula is C19H17N5O.